The van der Waals surface area contributed by atoms with Gasteiger partial charge in [-0.3, -0.25) is 0 Å². The molecular weight excluding hydrogens is 180 g/mol. The van der Waals surface area contributed by atoms with Crippen molar-refractivity contribution < 1.29 is 14.9 Å². The fraction of sp³-hybridized carbons (Fsp3) is 1.00. The molecule has 0 amide bonds. The second-order valence-corrected chi connectivity index (χ2v) is 4.91. The van der Waals surface area contributed by atoms with Crippen LogP contribution in [0.4, 0.5) is 0 Å². The van der Waals surface area contributed by atoms with Gasteiger partial charge in [0.2, 0.25) is 0 Å². The number of rotatable bonds is 2. The minimum absolute atomic E-state index is 0.0922. The van der Waals surface area contributed by atoms with Gasteiger partial charge in [0.1, 0.15) is 0 Å². The summed E-state index contributed by atoms with van der Waals surface area (Å²) in [5, 5.41) is 19.9. The second kappa shape index (κ2) is 3.80. The average molecular weight is 200 g/mol. The lowest BCUT2D eigenvalue weighted by atomic mass is 9.84. The molecule has 2 N–H and O–H groups in total. The van der Waals surface area contributed by atoms with E-state index in [9.17, 15) is 10.2 Å². The Kier molecular flexibility index (Phi) is 2.82. The highest BCUT2D eigenvalue weighted by Gasteiger charge is 2.41. The number of aliphatic hydroxyl groups is 2. The molecular formula is C11H20O3. The third-order valence-corrected chi connectivity index (χ3v) is 3.78. The van der Waals surface area contributed by atoms with E-state index in [2.05, 4.69) is 0 Å². The van der Waals surface area contributed by atoms with Crippen LogP contribution in [-0.2, 0) is 4.74 Å². The van der Waals surface area contributed by atoms with Gasteiger partial charge in [0.25, 0.3) is 0 Å². The lowest BCUT2D eigenvalue weighted by molar-refractivity contribution is -0.00458. The van der Waals surface area contributed by atoms with E-state index < -0.39 is 5.60 Å². The standard InChI is InChI=1S/C11H20O3/c1-8-9(10(12)7-14-8)6-11(13)4-2-3-5-11/h8-10,12-13H,2-7H2,1H3. The van der Waals surface area contributed by atoms with Gasteiger partial charge < -0.3 is 14.9 Å². The molecule has 82 valence electrons. The molecule has 1 aliphatic carbocycles. The molecule has 1 heterocycles. The minimum atomic E-state index is -0.520. The predicted molar refractivity (Wildman–Crippen MR) is 52.9 cm³/mol. The highest BCUT2D eigenvalue weighted by atomic mass is 16.5. The van der Waals surface area contributed by atoms with Crippen LogP contribution >= 0.6 is 0 Å². The Labute approximate surface area is 85.1 Å². The average Bonchev–Trinajstić information content (AvgIpc) is 2.68. The molecule has 2 rings (SSSR count). The van der Waals surface area contributed by atoms with Crippen molar-refractivity contribution in [1.82, 2.24) is 0 Å². The Hall–Kier alpha value is -0.120. The molecule has 0 aromatic heterocycles. The highest BCUT2D eigenvalue weighted by Crippen LogP contribution is 2.38. The summed E-state index contributed by atoms with van der Waals surface area (Å²) < 4.78 is 5.37. The molecule has 0 bridgehead atoms. The second-order valence-electron chi connectivity index (χ2n) is 4.91. The first-order valence-electron chi connectivity index (χ1n) is 5.63. The summed E-state index contributed by atoms with van der Waals surface area (Å²) in [6.45, 7) is 2.42. The highest BCUT2D eigenvalue weighted by molar-refractivity contribution is 4.92. The summed E-state index contributed by atoms with van der Waals surface area (Å²) in [7, 11) is 0. The fourth-order valence-corrected chi connectivity index (χ4v) is 2.79. The Morgan fingerprint density at radius 1 is 1.36 bits per heavy atom. The zero-order valence-corrected chi connectivity index (χ0v) is 8.78. The van der Waals surface area contributed by atoms with E-state index in [1.807, 2.05) is 6.92 Å². The fourth-order valence-electron chi connectivity index (χ4n) is 2.79. The zero-order chi connectivity index (χ0) is 10.2. The number of hydrogen-bond acceptors (Lipinski definition) is 3. The Morgan fingerprint density at radius 2 is 2.00 bits per heavy atom. The summed E-state index contributed by atoms with van der Waals surface area (Å²) in [5.74, 6) is 0.123. The van der Waals surface area contributed by atoms with Gasteiger partial charge in [0, 0.05) is 5.92 Å². The van der Waals surface area contributed by atoms with Crippen molar-refractivity contribution >= 4 is 0 Å². The van der Waals surface area contributed by atoms with Crippen LogP contribution < -0.4 is 0 Å². The number of aliphatic hydroxyl groups excluding tert-OH is 1. The van der Waals surface area contributed by atoms with Gasteiger partial charge in [-0.1, -0.05) is 12.8 Å². The summed E-state index contributed by atoms with van der Waals surface area (Å²) >= 11 is 0. The summed E-state index contributed by atoms with van der Waals surface area (Å²) in [4.78, 5) is 0. The lowest BCUT2D eigenvalue weighted by Gasteiger charge is -2.28. The van der Waals surface area contributed by atoms with E-state index in [-0.39, 0.29) is 18.1 Å². The molecule has 1 saturated heterocycles. The molecule has 0 aromatic carbocycles. The van der Waals surface area contributed by atoms with Gasteiger partial charge in [0.15, 0.2) is 0 Å². The van der Waals surface area contributed by atoms with Crippen molar-refractivity contribution in [2.24, 2.45) is 5.92 Å². The summed E-state index contributed by atoms with van der Waals surface area (Å²) in [5.41, 5.74) is -0.520. The van der Waals surface area contributed by atoms with Crippen molar-refractivity contribution in [3.63, 3.8) is 0 Å². The molecule has 1 aliphatic heterocycles. The molecule has 0 spiro atoms. The molecule has 3 nitrogen and oxygen atoms in total. The zero-order valence-electron chi connectivity index (χ0n) is 8.78. The van der Waals surface area contributed by atoms with Gasteiger partial charge in [-0.25, -0.2) is 0 Å². The van der Waals surface area contributed by atoms with Crippen LogP contribution in [0.15, 0.2) is 0 Å². The normalized spacial score (nSPS) is 41.8. The molecule has 14 heavy (non-hydrogen) atoms. The first-order chi connectivity index (χ1) is 6.61. The van der Waals surface area contributed by atoms with Gasteiger partial charge in [-0.2, -0.15) is 0 Å². The van der Waals surface area contributed by atoms with Crippen LogP contribution in [0, 0.1) is 5.92 Å². The van der Waals surface area contributed by atoms with Gasteiger partial charge in [0.05, 0.1) is 24.4 Å². The van der Waals surface area contributed by atoms with Crippen molar-refractivity contribution in [3.05, 3.63) is 0 Å². The van der Waals surface area contributed by atoms with Crippen molar-refractivity contribution in [2.45, 2.75) is 56.8 Å². The van der Waals surface area contributed by atoms with E-state index in [1.54, 1.807) is 0 Å². The maximum Gasteiger partial charge on any atom is 0.0827 e. The molecule has 2 aliphatic rings. The summed E-state index contributed by atoms with van der Waals surface area (Å²) in [6.07, 6.45) is 4.44. The molecule has 2 fully saturated rings. The van der Waals surface area contributed by atoms with Crippen LogP contribution in [0.25, 0.3) is 0 Å². The maximum absolute atomic E-state index is 10.2. The van der Waals surface area contributed by atoms with Gasteiger partial charge >= 0.3 is 0 Å². The van der Waals surface area contributed by atoms with Crippen molar-refractivity contribution in [3.8, 4) is 0 Å². The first-order valence-corrected chi connectivity index (χ1v) is 5.63. The van der Waals surface area contributed by atoms with Gasteiger partial charge in [-0.15, -0.1) is 0 Å². The SMILES string of the molecule is CC1OCC(O)C1CC1(O)CCCC1. The lowest BCUT2D eigenvalue weighted by Crippen LogP contribution is -2.34. The monoisotopic (exact) mass is 200 g/mol. The maximum atomic E-state index is 10.2. The van der Waals surface area contributed by atoms with Crippen LogP contribution in [0.5, 0.6) is 0 Å². The first kappa shape index (κ1) is 10.4. The topological polar surface area (TPSA) is 49.7 Å². The van der Waals surface area contributed by atoms with E-state index in [0.717, 1.165) is 25.7 Å². The number of ether oxygens (including phenoxy) is 1. The van der Waals surface area contributed by atoms with Crippen LogP contribution in [0.3, 0.4) is 0 Å². The largest absolute Gasteiger partial charge is 0.390 e. The minimum Gasteiger partial charge on any atom is -0.390 e. The third kappa shape index (κ3) is 1.95. The van der Waals surface area contributed by atoms with Crippen molar-refractivity contribution in [1.29, 1.82) is 0 Å². The van der Waals surface area contributed by atoms with E-state index >= 15 is 0 Å². The molecule has 0 radical (unpaired) electrons. The summed E-state index contributed by atoms with van der Waals surface area (Å²) in [6, 6.07) is 0. The van der Waals surface area contributed by atoms with Crippen LogP contribution in [0.1, 0.15) is 39.0 Å². The molecule has 3 unspecified atom stereocenters. The van der Waals surface area contributed by atoms with E-state index in [0.29, 0.717) is 13.0 Å². The van der Waals surface area contributed by atoms with Crippen LogP contribution in [0.2, 0.25) is 0 Å². The molecule has 3 atom stereocenters. The number of hydrogen-bond donors (Lipinski definition) is 2. The third-order valence-electron chi connectivity index (χ3n) is 3.78. The van der Waals surface area contributed by atoms with Crippen LogP contribution in [-0.4, -0.2) is 34.6 Å². The van der Waals surface area contributed by atoms with Gasteiger partial charge in [-0.05, 0) is 26.2 Å². The predicted octanol–water partition coefficient (Wildman–Crippen LogP) is 1.08. The smallest absolute Gasteiger partial charge is 0.0827 e. The Bertz CT molecular complexity index is 189. The molecule has 0 aromatic rings. The van der Waals surface area contributed by atoms with E-state index in [4.69, 9.17) is 4.74 Å². The molecule has 3 heteroatoms. The van der Waals surface area contributed by atoms with Crippen molar-refractivity contribution in [2.75, 3.05) is 6.61 Å². The molecule has 1 saturated carbocycles. The van der Waals surface area contributed by atoms with E-state index in [1.165, 1.54) is 0 Å². The quantitative estimate of drug-likeness (QED) is 0.701. The Morgan fingerprint density at radius 3 is 2.50 bits per heavy atom. The Balaban J connectivity index is 1.95.